The number of rotatable bonds is 4. The highest BCUT2D eigenvalue weighted by Crippen LogP contribution is 2.39. The molecule has 3 N–H and O–H groups in total. The quantitative estimate of drug-likeness (QED) is 0.889. The van der Waals surface area contributed by atoms with Crippen molar-refractivity contribution in [3.8, 4) is 0 Å². The van der Waals surface area contributed by atoms with Crippen molar-refractivity contribution < 1.29 is 14.6 Å². The molecule has 98 valence electrons. The zero-order valence-electron chi connectivity index (χ0n) is 10.1. The van der Waals surface area contributed by atoms with Crippen LogP contribution < -0.4 is 5.73 Å². The van der Waals surface area contributed by atoms with Gasteiger partial charge in [0.05, 0.1) is 13.2 Å². The van der Waals surface area contributed by atoms with Crippen molar-refractivity contribution in [2.75, 3.05) is 13.2 Å². The second-order valence-electron chi connectivity index (χ2n) is 4.88. The number of aliphatic carboxylic acids is 1. The van der Waals surface area contributed by atoms with Crippen LogP contribution in [-0.4, -0.2) is 30.3 Å². The normalized spacial score (nSPS) is 19.1. The Hall–Kier alpha value is -0.910. The molecule has 1 heterocycles. The van der Waals surface area contributed by atoms with E-state index < -0.39 is 12.0 Å². The van der Waals surface area contributed by atoms with E-state index in [1.807, 2.05) is 25.1 Å². The summed E-state index contributed by atoms with van der Waals surface area (Å²) in [5.74, 6) is -0.964. The number of nitrogens with two attached hydrogens (primary N) is 1. The summed E-state index contributed by atoms with van der Waals surface area (Å²) < 4.78 is 6.29. The first-order chi connectivity index (χ1) is 8.44. The number of halogens is 1. The Labute approximate surface area is 114 Å². The van der Waals surface area contributed by atoms with E-state index in [0.717, 1.165) is 15.6 Å². The van der Waals surface area contributed by atoms with Crippen LogP contribution in [0.1, 0.15) is 17.5 Å². The Kier molecular flexibility index (Phi) is 3.75. The summed E-state index contributed by atoms with van der Waals surface area (Å²) in [4.78, 5) is 10.9. The predicted molar refractivity (Wildman–Crippen MR) is 71.6 cm³/mol. The number of hydrogen-bond acceptors (Lipinski definition) is 3. The van der Waals surface area contributed by atoms with Crippen molar-refractivity contribution in [1.29, 1.82) is 0 Å². The molecule has 1 fully saturated rings. The lowest BCUT2D eigenvalue weighted by Gasteiger charge is -2.43. The topological polar surface area (TPSA) is 72.6 Å². The zero-order chi connectivity index (χ0) is 13.3. The third-order valence-electron chi connectivity index (χ3n) is 3.46. The van der Waals surface area contributed by atoms with E-state index in [1.54, 1.807) is 0 Å². The van der Waals surface area contributed by atoms with Crippen LogP contribution in [0.15, 0.2) is 22.7 Å². The van der Waals surface area contributed by atoms with Crippen LogP contribution in [0.2, 0.25) is 0 Å². The van der Waals surface area contributed by atoms with Gasteiger partial charge >= 0.3 is 5.97 Å². The van der Waals surface area contributed by atoms with Gasteiger partial charge in [-0.1, -0.05) is 22.0 Å². The van der Waals surface area contributed by atoms with Gasteiger partial charge in [0.1, 0.15) is 6.04 Å². The Morgan fingerprint density at radius 2 is 2.28 bits per heavy atom. The molecule has 1 saturated heterocycles. The van der Waals surface area contributed by atoms with Crippen molar-refractivity contribution in [3.05, 3.63) is 33.8 Å². The van der Waals surface area contributed by atoms with Gasteiger partial charge in [-0.2, -0.15) is 0 Å². The van der Waals surface area contributed by atoms with Crippen LogP contribution in [0.4, 0.5) is 0 Å². The van der Waals surface area contributed by atoms with Gasteiger partial charge in [-0.15, -0.1) is 0 Å². The summed E-state index contributed by atoms with van der Waals surface area (Å²) in [6.07, 6.45) is 0.402. The van der Waals surface area contributed by atoms with Crippen LogP contribution in [0.5, 0.6) is 0 Å². The molecule has 5 heteroatoms. The fraction of sp³-hybridized carbons (Fsp3) is 0.462. The van der Waals surface area contributed by atoms with Gasteiger partial charge in [0.15, 0.2) is 0 Å². The molecular formula is C13H16BrNO3. The maximum Gasteiger partial charge on any atom is 0.320 e. The average Bonchev–Trinajstić information content (AvgIpc) is 2.26. The molecule has 0 radical (unpaired) electrons. The number of carboxylic acid groups (broad SMARTS) is 1. The Morgan fingerprint density at radius 1 is 1.61 bits per heavy atom. The lowest BCUT2D eigenvalue weighted by atomic mass is 9.72. The number of aryl methyl sites for hydroxylation is 1. The van der Waals surface area contributed by atoms with E-state index in [4.69, 9.17) is 15.6 Å². The monoisotopic (exact) mass is 313 g/mol. The maximum atomic E-state index is 10.9. The summed E-state index contributed by atoms with van der Waals surface area (Å²) in [6, 6.07) is 5.17. The molecule has 1 aromatic carbocycles. The van der Waals surface area contributed by atoms with Gasteiger partial charge in [0, 0.05) is 9.89 Å². The number of carboxylic acids is 1. The number of hydrogen-bond donors (Lipinski definition) is 2. The summed E-state index contributed by atoms with van der Waals surface area (Å²) in [7, 11) is 0. The van der Waals surface area contributed by atoms with E-state index in [2.05, 4.69) is 15.9 Å². The molecule has 1 aliphatic rings. The fourth-order valence-corrected chi connectivity index (χ4v) is 2.77. The van der Waals surface area contributed by atoms with Gasteiger partial charge in [-0.05, 0) is 36.6 Å². The summed E-state index contributed by atoms with van der Waals surface area (Å²) in [5.41, 5.74) is 7.68. The Morgan fingerprint density at radius 3 is 2.78 bits per heavy atom. The molecule has 18 heavy (non-hydrogen) atoms. The van der Waals surface area contributed by atoms with Crippen LogP contribution in [0, 0.1) is 6.92 Å². The third-order valence-corrected chi connectivity index (χ3v) is 3.95. The van der Waals surface area contributed by atoms with E-state index >= 15 is 0 Å². The molecular weight excluding hydrogens is 298 g/mol. The molecule has 0 bridgehead atoms. The number of benzene rings is 1. The minimum Gasteiger partial charge on any atom is -0.480 e. The number of carbonyl (C=O) groups is 1. The molecule has 0 aliphatic carbocycles. The highest BCUT2D eigenvalue weighted by molar-refractivity contribution is 9.10. The molecule has 0 amide bonds. The van der Waals surface area contributed by atoms with Crippen LogP contribution in [0.25, 0.3) is 0 Å². The minimum absolute atomic E-state index is 0.258. The molecule has 4 nitrogen and oxygen atoms in total. The van der Waals surface area contributed by atoms with E-state index in [0.29, 0.717) is 19.6 Å². The lowest BCUT2D eigenvalue weighted by Crippen LogP contribution is -2.52. The van der Waals surface area contributed by atoms with Gasteiger partial charge in [0.2, 0.25) is 0 Å². The van der Waals surface area contributed by atoms with Crippen molar-refractivity contribution in [2.45, 2.75) is 24.8 Å². The fourth-order valence-electron chi connectivity index (χ4n) is 2.41. The molecule has 1 unspecified atom stereocenters. The first-order valence-corrected chi connectivity index (χ1v) is 6.57. The lowest BCUT2D eigenvalue weighted by molar-refractivity contribution is -0.141. The van der Waals surface area contributed by atoms with Crippen LogP contribution >= 0.6 is 15.9 Å². The van der Waals surface area contributed by atoms with Gasteiger partial charge in [-0.25, -0.2) is 0 Å². The summed E-state index contributed by atoms with van der Waals surface area (Å²) in [5, 5.41) is 8.96. The average molecular weight is 314 g/mol. The van der Waals surface area contributed by atoms with E-state index in [9.17, 15) is 4.79 Å². The van der Waals surface area contributed by atoms with E-state index in [-0.39, 0.29) is 5.41 Å². The maximum absolute atomic E-state index is 10.9. The molecule has 0 aromatic heterocycles. The first-order valence-electron chi connectivity index (χ1n) is 5.77. The first kappa shape index (κ1) is 13.5. The van der Waals surface area contributed by atoms with Gasteiger partial charge < -0.3 is 15.6 Å². The van der Waals surface area contributed by atoms with Crippen molar-refractivity contribution in [3.63, 3.8) is 0 Å². The molecule has 0 saturated carbocycles. The van der Waals surface area contributed by atoms with Crippen molar-refractivity contribution in [1.82, 2.24) is 0 Å². The molecule has 1 aliphatic heterocycles. The SMILES string of the molecule is Cc1ccc(Br)cc1C1(CC(N)C(=O)O)COC1. The summed E-state index contributed by atoms with van der Waals surface area (Å²) in [6.45, 7) is 3.09. The Balaban J connectivity index is 2.32. The smallest absolute Gasteiger partial charge is 0.320 e. The largest absolute Gasteiger partial charge is 0.480 e. The van der Waals surface area contributed by atoms with Gasteiger partial charge in [-0.3, -0.25) is 4.79 Å². The highest BCUT2D eigenvalue weighted by atomic mass is 79.9. The molecule has 0 spiro atoms. The summed E-state index contributed by atoms with van der Waals surface area (Å²) >= 11 is 3.45. The molecule has 1 atom stereocenters. The predicted octanol–water partition coefficient (Wildman–Crippen LogP) is 1.83. The van der Waals surface area contributed by atoms with Crippen LogP contribution in [0.3, 0.4) is 0 Å². The third kappa shape index (κ3) is 2.43. The van der Waals surface area contributed by atoms with Crippen molar-refractivity contribution >= 4 is 21.9 Å². The van der Waals surface area contributed by atoms with E-state index in [1.165, 1.54) is 0 Å². The zero-order valence-corrected chi connectivity index (χ0v) is 11.7. The van der Waals surface area contributed by atoms with Crippen molar-refractivity contribution in [2.24, 2.45) is 5.73 Å². The van der Waals surface area contributed by atoms with Gasteiger partial charge in [0.25, 0.3) is 0 Å². The standard InChI is InChI=1S/C13H16BrNO3/c1-8-2-3-9(14)4-10(8)13(6-18-7-13)5-11(15)12(16)17/h2-4,11H,5-7,15H2,1H3,(H,16,17). The Bertz CT molecular complexity index is 471. The highest BCUT2D eigenvalue weighted by Gasteiger charge is 2.43. The molecule has 1 aromatic rings. The minimum atomic E-state index is -0.964. The second-order valence-corrected chi connectivity index (χ2v) is 5.80. The molecule has 2 rings (SSSR count). The second kappa shape index (κ2) is 4.99. The number of ether oxygens (including phenoxy) is 1. The van der Waals surface area contributed by atoms with Crippen LogP contribution in [-0.2, 0) is 14.9 Å².